The van der Waals surface area contributed by atoms with Gasteiger partial charge < -0.3 is 10.4 Å². The summed E-state index contributed by atoms with van der Waals surface area (Å²) in [5.74, 6) is -0.0914. The molecule has 0 bridgehead atoms. The van der Waals surface area contributed by atoms with Crippen molar-refractivity contribution >= 4 is 5.91 Å². The molecular formula is C11H15NO2. The number of rotatable bonds is 4. The quantitative estimate of drug-likeness (QED) is 0.754. The maximum Gasteiger partial charge on any atom is 0.251 e. The number of carbonyl (C=O) groups excluding carboxylic acids is 1. The van der Waals surface area contributed by atoms with Gasteiger partial charge in [-0.3, -0.25) is 4.79 Å². The molecule has 0 aliphatic heterocycles. The molecule has 0 aliphatic carbocycles. The average molecular weight is 193 g/mol. The highest BCUT2D eigenvalue weighted by Crippen LogP contribution is 1.97. The zero-order chi connectivity index (χ0) is 10.4. The second kappa shape index (κ2) is 5.40. The van der Waals surface area contributed by atoms with Gasteiger partial charge in [-0.2, -0.15) is 0 Å². The largest absolute Gasteiger partial charge is 0.393 e. The summed E-state index contributed by atoms with van der Waals surface area (Å²) in [5, 5.41) is 11.7. The van der Waals surface area contributed by atoms with Crippen molar-refractivity contribution in [1.82, 2.24) is 5.32 Å². The molecule has 0 saturated heterocycles. The van der Waals surface area contributed by atoms with Crippen molar-refractivity contribution < 1.29 is 9.90 Å². The fourth-order valence-electron chi connectivity index (χ4n) is 1.09. The highest BCUT2D eigenvalue weighted by molar-refractivity contribution is 5.94. The SMILES string of the molecule is CC(O)CCNC(=O)c1ccccc1. The Kier molecular flexibility index (Phi) is 4.13. The molecule has 1 unspecified atom stereocenters. The summed E-state index contributed by atoms with van der Waals surface area (Å²) in [7, 11) is 0. The Morgan fingerprint density at radius 3 is 2.64 bits per heavy atom. The van der Waals surface area contributed by atoms with E-state index in [0.717, 1.165) is 0 Å². The molecule has 0 aromatic heterocycles. The Labute approximate surface area is 83.8 Å². The van der Waals surface area contributed by atoms with Crippen LogP contribution in [-0.4, -0.2) is 23.7 Å². The summed E-state index contributed by atoms with van der Waals surface area (Å²) in [5.41, 5.74) is 0.651. The molecule has 1 aromatic rings. The number of nitrogens with one attached hydrogen (secondary N) is 1. The highest BCUT2D eigenvalue weighted by Gasteiger charge is 2.03. The molecule has 76 valence electrons. The lowest BCUT2D eigenvalue weighted by Gasteiger charge is -2.06. The third-order valence-electron chi connectivity index (χ3n) is 1.88. The smallest absolute Gasteiger partial charge is 0.251 e. The number of amides is 1. The summed E-state index contributed by atoms with van der Waals surface area (Å²) in [6.07, 6.45) is 0.213. The van der Waals surface area contributed by atoms with E-state index in [2.05, 4.69) is 5.32 Å². The van der Waals surface area contributed by atoms with Crippen molar-refractivity contribution in [1.29, 1.82) is 0 Å². The highest BCUT2D eigenvalue weighted by atomic mass is 16.3. The van der Waals surface area contributed by atoms with Crippen molar-refractivity contribution in [2.75, 3.05) is 6.54 Å². The van der Waals surface area contributed by atoms with Crippen LogP contribution in [0.1, 0.15) is 23.7 Å². The molecule has 1 amide bonds. The zero-order valence-corrected chi connectivity index (χ0v) is 8.23. The number of carbonyl (C=O) groups is 1. The van der Waals surface area contributed by atoms with Gasteiger partial charge >= 0.3 is 0 Å². The van der Waals surface area contributed by atoms with Crippen LogP contribution in [0, 0.1) is 0 Å². The second-order valence-corrected chi connectivity index (χ2v) is 3.26. The van der Waals surface area contributed by atoms with Gasteiger partial charge in [-0.05, 0) is 25.5 Å². The van der Waals surface area contributed by atoms with Gasteiger partial charge in [-0.1, -0.05) is 18.2 Å². The lowest BCUT2D eigenvalue weighted by atomic mass is 10.2. The molecule has 0 fully saturated rings. The van der Waals surface area contributed by atoms with Gasteiger partial charge in [-0.15, -0.1) is 0 Å². The first-order valence-electron chi connectivity index (χ1n) is 4.71. The fraction of sp³-hybridized carbons (Fsp3) is 0.364. The lowest BCUT2D eigenvalue weighted by Crippen LogP contribution is -2.26. The maximum atomic E-state index is 11.4. The van der Waals surface area contributed by atoms with Gasteiger partial charge in [0, 0.05) is 12.1 Å². The molecule has 1 rings (SSSR count). The number of hydrogen-bond donors (Lipinski definition) is 2. The van der Waals surface area contributed by atoms with Crippen LogP contribution in [0.3, 0.4) is 0 Å². The van der Waals surface area contributed by atoms with Gasteiger partial charge in [0.15, 0.2) is 0 Å². The Bertz CT molecular complexity index is 283. The van der Waals surface area contributed by atoms with Crippen molar-refractivity contribution in [2.45, 2.75) is 19.4 Å². The van der Waals surface area contributed by atoms with Gasteiger partial charge in [0.2, 0.25) is 0 Å². The van der Waals surface area contributed by atoms with E-state index in [1.807, 2.05) is 18.2 Å². The molecule has 14 heavy (non-hydrogen) atoms. The van der Waals surface area contributed by atoms with E-state index in [1.54, 1.807) is 19.1 Å². The van der Waals surface area contributed by atoms with E-state index >= 15 is 0 Å². The molecule has 0 spiro atoms. The number of benzene rings is 1. The Balaban J connectivity index is 2.36. The number of aliphatic hydroxyl groups is 1. The van der Waals surface area contributed by atoms with Gasteiger partial charge in [0.1, 0.15) is 0 Å². The summed E-state index contributed by atoms with van der Waals surface area (Å²) >= 11 is 0. The molecule has 3 heteroatoms. The minimum atomic E-state index is -0.369. The van der Waals surface area contributed by atoms with E-state index in [1.165, 1.54) is 0 Å². The molecule has 0 saturated carbocycles. The van der Waals surface area contributed by atoms with Crippen LogP contribution in [-0.2, 0) is 0 Å². The summed E-state index contributed by atoms with van der Waals surface area (Å²) < 4.78 is 0. The van der Waals surface area contributed by atoms with Crippen LogP contribution < -0.4 is 5.32 Å². The molecule has 0 heterocycles. The Morgan fingerprint density at radius 1 is 1.43 bits per heavy atom. The Hall–Kier alpha value is -1.35. The van der Waals surface area contributed by atoms with Gasteiger partial charge in [0.05, 0.1) is 6.10 Å². The van der Waals surface area contributed by atoms with E-state index < -0.39 is 0 Å². The molecular weight excluding hydrogens is 178 g/mol. The van der Waals surface area contributed by atoms with Crippen molar-refractivity contribution in [2.24, 2.45) is 0 Å². The molecule has 1 atom stereocenters. The van der Waals surface area contributed by atoms with Crippen molar-refractivity contribution in [3.05, 3.63) is 35.9 Å². The minimum Gasteiger partial charge on any atom is -0.393 e. The van der Waals surface area contributed by atoms with Crippen LogP contribution in [0.4, 0.5) is 0 Å². The van der Waals surface area contributed by atoms with E-state index in [0.29, 0.717) is 18.5 Å². The predicted molar refractivity (Wildman–Crippen MR) is 55.1 cm³/mol. The molecule has 0 aliphatic rings. The third kappa shape index (κ3) is 3.58. The summed E-state index contributed by atoms with van der Waals surface area (Å²) in [6.45, 7) is 2.21. The van der Waals surface area contributed by atoms with E-state index in [-0.39, 0.29) is 12.0 Å². The Morgan fingerprint density at radius 2 is 2.07 bits per heavy atom. The average Bonchev–Trinajstić information content (AvgIpc) is 2.18. The monoisotopic (exact) mass is 193 g/mol. The molecule has 0 radical (unpaired) electrons. The van der Waals surface area contributed by atoms with Crippen molar-refractivity contribution in [3.63, 3.8) is 0 Å². The van der Waals surface area contributed by atoms with Crippen molar-refractivity contribution in [3.8, 4) is 0 Å². The first-order valence-corrected chi connectivity index (χ1v) is 4.71. The normalized spacial score (nSPS) is 12.1. The summed E-state index contributed by atoms with van der Waals surface area (Å²) in [6, 6.07) is 9.04. The van der Waals surface area contributed by atoms with Crippen LogP contribution in [0.5, 0.6) is 0 Å². The van der Waals surface area contributed by atoms with Gasteiger partial charge in [-0.25, -0.2) is 0 Å². The van der Waals surface area contributed by atoms with Crippen LogP contribution >= 0.6 is 0 Å². The van der Waals surface area contributed by atoms with Crippen LogP contribution in [0.15, 0.2) is 30.3 Å². The first-order chi connectivity index (χ1) is 6.70. The molecule has 3 nitrogen and oxygen atoms in total. The zero-order valence-electron chi connectivity index (χ0n) is 8.23. The lowest BCUT2D eigenvalue weighted by molar-refractivity contribution is 0.0945. The van der Waals surface area contributed by atoms with Crippen LogP contribution in [0.2, 0.25) is 0 Å². The fourth-order valence-corrected chi connectivity index (χ4v) is 1.09. The minimum absolute atomic E-state index is 0.0914. The van der Waals surface area contributed by atoms with Gasteiger partial charge in [0.25, 0.3) is 5.91 Å². The van der Waals surface area contributed by atoms with Crippen LogP contribution in [0.25, 0.3) is 0 Å². The number of aliphatic hydroxyl groups excluding tert-OH is 1. The molecule has 2 N–H and O–H groups in total. The number of hydrogen-bond acceptors (Lipinski definition) is 2. The third-order valence-corrected chi connectivity index (χ3v) is 1.88. The first kappa shape index (κ1) is 10.7. The summed E-state index contributed by atoms with van der Waals surface area (Å²) in [4.78, 5) is 11.4. The topological polar surface area (TPSA) is 49.3 Å². The standard InChI is InChI=1S/C11H15NO2/c1-9(13)7-8-12-11(14)10-5-3-2-4-6-10/h2-6,9,13H,7-8H2,1H3,(H,12,14). The predicted octanol–water partition coefficient (Wildman–Crippen LogP) is 1.19. The molecule has 1 aromatic carbocycles. The van der Waals surface area contributed by atoms with E-state index in [9.17, 15) is 4.79 Å². The maximum absolute atomic E-state index is 11.4. The second-order valence-electron chi connectivity index (χ2n) is 3.26. The van der Waals surface area contributed by atoms with E-state index in [4.69, 9.17) is 5.11 Å².